The monoisotopic (exact) mass is 260 g/mol. The van der Waals surface area contributed by atoms with Crippen molar-refractivity contribution in [2.45, 2.75) is 6.42 Å². The Morgan fingerprint density at radius 3 is 2.61 bits per heavy atom. The summed E-state index contributed by atoms with van der Waals surface area (Å²) in [6.07, 6.45) is 3.30. The predicted molar refractivity (Wildman–Crippen MR) is 65.1 cm³/mol. The van der Waals surface area contributed by atoms with Gasteiger partial charge in [-0.1, -0.05) is 11.3 Å². The summed E-state index contributed by atoms with van der Waals surface area (Å²) in [4.78, 5) is 28.1. The second-order valence-corrected chi connectivity index (χ2v) is 4.78. The Kier molecular flexibility index (Phi) is 2.60. The molecule has 1 aliphatic rings. The number of Topliss-reactive ketones (excluding diaryl/α,β-unsaturated/α-hetero) is 1. The Balaban J connectivity index is 1.91. The summed E-state index contributed by atoms with van der Waals surface area (Å²) in [5.74, 6) is -0.293. The Hall–Kier alpha value is -2.15. The number of hydrogen-bond acceptors (Lipinski definition) is 6. The van der Waals surface area contributed by atoms with Crippen molar-refractivity contribution in [3.05, 3.63) is 24.5 Å². The minimum Gasteiger partial charge on any atom is -0.297 e. The van der Waals surface area contributed by atoms with Crippen LogP contribution in [0.3, 0.4) is 0 Å². The number of anilines is 1. The first-order chi connectivity index (χ1) is 8.74. The Labute approximate surface area is 106 Å². The summed E-state index contributed by atoms with van der Waals surface area (Å²) in [5, 5.41) is 9.16. The summed E-state index contributed by atoms with van der Waals surface area (Å²) in [6.45, 7) is 0.101. The van der Waals surface area contributed by atoms with Crippen molar-refractivity contribution < 1.29 is 9.59 Å². The summed E-state index contributed by atoms with van der Waals surface area (Å²) in [7, 11) is 0. The average Bonchev–Trinajstić information content (AvgIpc) is 2.97. The lowest BCUT2D eigenvalue weighted by Gasteiger charge is -2.07. The van der Waals surface area contributed by atoms with Crippen molar-refractivity contribution in [1.82, 2.24) is 15.2 Å². The highest BCUT2D eigenvalue weighted by Crippen LogP contribution is 2.29. The highest BCUT2D eigenvalue weighted by molar-refractivity contribution is 7.18. The van der Waals surface area contributed by atoms with Crippen LogP contribution in [0.25, 0.3) is 10.6 Å². The van der Waals surface area contributed by atoms with Gasteiger partial charge in [-0.05, 0) is 12.1 Å². The fourth-order valence-corrected chi connectivity index (χ4v) is 2.56. The molecule has 0 aromatic carbocycles. The SMILES string of the molecule is O=C1CC(=O)N(c2nnc(-c3ccncc3)s2)C1. The Bertz CT molecular complexity index is 611. The molecule has 3 rings (SSSR count). The van der Waals surface area contributed by atoms with Gasteiger partial charge in [0.15, 0.2) is 5.78 Å². The number of pyridine rings is 1. The van der Waals surface area contributed by atoms with Crippen molar-refractivity contribution in [2.75, 3.05) is 11.4 Å². The molecule has 18 heavy (non-hydrogen) atoms. The summed E-state index contributed by atoms with van der Waals surface area (Å²) in [5.41, 5.74) is 0.895. The number of ketones is 1. The fourth-order valence-electron chi connectivity index (χ4n) is 1.69. The lowest BCUT2D eigenvalue weighted by atomic mass is 10.3. The van der Waals surface area contributed by atoms with E-state index in [1.54, 1.807) is 12.4 Å². The molecule has 0 N–H and O–H groups in total. The zero-order valence-electron chi connectivity index (χ0n) is 9.24. The molecule has 2 aromatic rings. The third-order valence-electron chi connectivity index (χ3n) is 2.56. The second kappa shape index (κ2) is 4.26. The first-order valence-electron chi connectivity index (χ1n) is 5.30. The lowest BCUT2D eigenvalue weighted by Crippen LogP contribution is -2.24. The molecule has 7 heteroatoms. The fraction of sp³-hybridized carbons (Fsp3) is 0.182. The molecular formula is C11H8N4O2S. The first-order valence-corrected chi connectivity index (χ1v) is 6.11. The van der Waals surface area contributed by atoms with Gasteiger partial charge in [-0.3, -0.25) is 19.5 Å². The van der Waals surface area contributed by atoms with E-state index in [9.17, 15) is 9.59 Å². The van der Waals surface area contributed by atoms with E-state index in [-0.39, 0.29) is 24.7 Å². The van der Waals surface area contributed by atoms with Crippen LogP contribution in [0.15, 0.2) is 24.5 Å². The molecule has 1 amide bonds. The number of hydrogen-bond donors (Lipinski definition) is 0. The van der Waals surface area contributed by atoms with Crippen LogP contribution in [-0.4, -0.2) is 33.4 Å². The highest BCUT2D eigenvalue weighted by Gasteiger charge is 2.31. The molecule has 90 valence electrons. The van der Waals surface area contributed by atoms with Gasteiger partial charge in [0.2, 0.25) is 11.0 Å². The van der Waals surface area contributed by atoms with Crippen LogP contribution in [0.1, 0.15) is 6.42 Å². The number of amides is 1. The van der Waals surface area contributed by atoms with Gasteiger partial charge < -0.3 is 0 Å². The predicted octanol–water partition coefficient (Wildman–Crippen LogP) is 0.906. The van der Waals surface area contributed by atoms with E-state index in [1.807, 2.05) is 12.1 Å². The summed E-state index contributed by atoms with van der Waals surface area (Å²) in [6, 6.07) is 3.64. The van der Waals surface area contributed by atoms with Gasteiger partial charge in [-0.15, -0.1) is 10.2 Å². The van der Waals surface area contributed by atoms with Gasteiger partial charge in [0.1, 0.15) is 5.01 Å². The van der Waals surface area contributed by atoms with Crippen LogP contribution in [0.5, 0.6) is 0 Å². The van der Waals surface area contributed by atoms with E-state index in [0.29, 0.717) is 10.1 Å². The molecule has 0 atom stereocenters. The molecule has 0 unspecified atom stereocenters. The molecule has 3 heterocycles. The van der Waals surface area contributed by atoms with E-state index in [0.717, 1.165) is 5.56 Å². The maximum absolute atomic E-state index is 11.6. The molecule has 6 nitrogen and oxygen atoms in total. The molecule has 1 saturated heterocycles. The van der Waals surface area contributed by atoms with E-state index in [1.165, 1.54) is 16.2 Å². The van der Waals surface area contributed by atoms with Gasteiger partial charge in [-0.2, -0.15) is 0 Å². The van der Waals surface area contributed by atoms with Crippen molar-refractivity contribution in [1.29, 1.82) is 0 Å². The maximum Gasteiger partial charge on any atom is 0.236 e. The maximum atomic E-state index is 11.6. The van der Waals surface area contributed by atoms with E-state index < -0.39 is 0 Å². The average molecular weight is 260 g/mol. The lowest BCUT2D eigenvalue weighted by molar-refractivity contribution is -0.121. The number of carbonyl (C=O) groups is 2. The van der Waals surface area contributed by atoms with Crippen molar-refractivity contribution in [2.24, 2.45) is 0 Å². The molecule has 0 saturated carbocycles. The van der Waals surface area contributed by atoms with Crippen LogP contribution < -0.4 is 4.90 Å². The molecular weight excluding hydrogens is 252 g/mol. The van der Waals surface area contributed by atoms with Crippen LogP contribution in [0.2, 0.25) is 0 Å². The van der Waals surface area contributed by atoms with E-state index in [4.69, 9.17) is 0 Å². The summed E-state index contributed by atoms with van der Waals surface area (Å²) >= 11 is 1.29. The minimum atomic E-state index is -0.211. The largest absolute Gasteiger partial charge is 0.297 e. The van der Waals surface area contributed by atoms with E-state index in [2.05, 4.69) is 15.2 Å². The van der Waals surface area contributed by atoms with Crippen LogP contribution in [-0.2, 0) is 9.59 Å². The standard InChI is InChI=1S/C11H8N4O2S/c16-8-5-9(17)15(6-8)11-14-13-10(18-11)7-1-3-12-4-2-7/h1-4H,5-6H2. The van der Waals surface area contributed by atoms with Gasteiger partial charge in [0, 0.05) is 18.0 Å². The molecule has 1 aliphatic heterocycles. The Morgan fingerprint density at radius 1 is 1.17 bits per heavy atom. The van der Waals surface area contributed by atoms with Crippen LogP contribution in [0.4, 0.5) is 5.13 Å². The first kappa shape index (κ1) is 11.0. The summed E-state index contributed by atoms with van der Waals surface area (Å²) < 4.78 is 0. The van der Waals surface area contributed by atoms with E-state index >= 15 is 0 Å². The van der Waals surface area contributed by atoms with Crippen molar-refractivity contribution in [3.8, 4) is 10.6 Å². The van der Waals surface area contributed by atoms with Gasteiger partial charge in [0.25, 0.3) is 0 Å². The van der Waals surface area contributed by atoms with Crippen LogP contribution >= 0.6 is 11.3 Å². The van der Waals surface area contributed by atoms with Gasteiger partial charge in [-0.25, -0.2) is 0 Å². The smallest absolute Gasteiger partial charge is 0.236 e. The molecule has 0 spiro atoms. The molecule has 2 aromatic heterocycles. The molecule has 0 radical (unpaired) electrons. The topological polar surface area (TPSA) is 76.1 Å². The quantitative estimate of drug-likeness (QED) is 0.750. The number of rotatable bonds is 2. The van der Waals surface area contributed by atoms with Gasteiger partial charge >= 0.3 is 0 Å². The number of carbonyl (C=O) groups excluding carboxylic acids is 2. The number of nitrogens with zero attached hydrogens (tertiary/aromatic N) is 4. The minimum absolute atomic E-state index is 0.0375. The molecule has 1 fully saturated rings. The second-order valence-electron chi connectivity index (χ2n) is 3.82. The highest BCUT2D eigenvalue weighted by atomic mass is 32.1. The molecule has 0 aliphatic carbocycles. The van der Waals surface area contributed by atoms with Gasteiger partial charge in [0.05, 0.1) is 13.0 Å². The van der Waals surface area contributed by atoms with Crippen molar-refractivity contribution in [3.63, 3.8) is 0 Å². The zero-order chi connectivity index (χ0) is 12.5. The van der Waals surface area contributed by atoms with Crippen molar-refractivity contribution >= 4 is 28.2 Å². The normalized spacial score (nSPS) is 15.4. The third kappa shape index (κ3) is 1.88. The zero-order valence-corrected chi connectivity index (χ0v) is 10.1. The third-order valence-corrected chi connectivity index (χ3v) is 3.55. The van der Waals surface area contributed by atoms with Crippen LogP contribution in [0, 0.1) is 0 Å². The Morgan fingerprint density at radius 2 is 1.94 bits per heavy atom. The molecule has 0 bridgehead atoms. The number of aromatic nitrogens is 3.